The third-order valence-electron chi connectivity index (χ3n) is 4.70. The molecular formula is C18H26Cl2N4O3. The minimum absolute atomic E-state index is 0. The van der Waals surface area contributed by atoms with Crippen LogP contribution in [0.5, 0.6) is 0 Å². The van der Waals surface area contributed by atoms with Gasteiger partial charge in [-0.2, -0.15) is 0 Å². The van der Waals surface area contributed by atoms with Crippen LogP contribution in [0.3, 0.4) is 0 Å². The van der Waals surface area contributed by atoms with E-state index in [0.29, 0.717) is 55.2 Å². The molecule has 150 valence electrons. The number of halogens is 2. The molecule has 0 saturated carbocycles. The van der Waals surface area contributed by atoms with Crippen molar-refractivity contribution in [2.75, 3.05) is 44.7 Å². The lowest BCUT2D eigenvalue weighted by Crippen LogP contribution is -2.40. The predicted molar refractivity (Wildman–Crippen MR) is 108 cm³/mol. The van der Waals surface area contributed by atoms with Gasteiger partial charge in [-0.1, -0.05) is 11.6 Å². The number of nitrogens with one attached hydrogen (secondary N) is 3. The second kappa shape index (κ2) is 10.7. The molecule has 0 aliphatic carbocycles. The highest BCUT2D eigenvalue weighted by atomic mass is 35.5. The molecule has 2 aliphatic rings. The first kappa shape index (κ1) is 21.8. The first-order chi connectivity index (χ1) is 12.6. The largest absolute Gasteiger partial charge is 0.378 e. The first-order valence-corrected chi connectivity index (χ1v) is 9.46. The number of benzene rings is 1. The number of carbonyl (C=O) groups excluding carboxylic acids is 2. The topological polar surface area (TPSA) is 82.7 Å². The number of hydrogen-bond donors (Lipinski definition) is 3. The molecular weight excluding hydrogens is 391 g/mol. The molecule has 0 bridgehead atoms. The molecule has 7 nitrogen and oxygen atoms in total. The van der Waals surface area contributed by atoms with Crippen LogP contribution in [0.1, 0.15) is 29.6 Å². The van der Waals surface area contributed by atoms with Gasteiger partial charge in [-0.25, -0.2) is 4.79 Å². The smallest absolute Gasteiger partial charge is 0.319 e. The van der Waals surface area contributed by atoms with Crippen molar-refractivity contribution in [1.82, 2.24) is 15.5 Å². The maximum Gasteiger partial charge on any atom is 0.319 e. The highest BCUT2D eigenvalue weighted by Crippen LogP contribution is 2.24. The van der Waals surface area contributed by atoms with Gasteiger partial charge in [-0.05, 0) is 44.0 Å². The minimum Gasteiger partial charge on any atom is -0.378 e. The molecule has 0 spiro atoms. The number of nitrogens with zero attached hydrogens (tertiary/aromatic N) is 1. The van der Waals surface area contributed by atoms with E-state index >= 15 is 0 Å². The standard InChI is InChI=1S/C18H25ClN4O3.ClH/c19-15-4-3-13(17(24)23-8-10-26-11-9-23)12-16(15)22-18(25)21-7-5-14-2-1-6-20-14;/h3-4,12,14,20H,1-2,5-11H2,(H2,21,22,25);1H/t14-;/m1./s1. The summed E-state index contributed by atoms with van der Waals surface area (Å²) in [4.78, 5) is 26.4. The molecule has 2 aliphatic heterocycles. The zero-order chi connectivity index (χ0) is 18.4. The molecule has 1 aromatic rings. The number of ether oxygens (including phenoxy) is 1. The summed E-state index contributed by atoms with van der Waals surface area (Å²) in [5.41, 5.74) is 0.934. The van der Waals surface area contributed by atoms with Gasteiger partial charge in [0.15, 0.2) is 0 Å². The lowest BCUT2D eigenvalue weighted by atomic mass is 10.1. The van der Waals surface area contributed by atoms with Gasteiger partial charge in [0, 0.05) is 31.2 Å². The maximum absolute atomic E-state index is 12.6. The fourth-order valence-electron chi connectivity index (χ4n) is 3.23. The Morgan fingerprint density at radius 2 is 2.07 bits per heavy atom. The monoisotopic (exact) mass is 416 g/mol. The number of anilines is 1. The van der Waals surface area contributed by atoms with E-state index in [0.717, 1.165) is 19.4 Å². The fourth-order valence-corrected chi connectivity index (χ4v) is 3.40. The molecule has 2 fully saturated rings. The molecule has 27 heavy (non-hydrogen) atoms. The maximum atomic E-state index is 12.6. The van der Waals surface area contributed by atoms with Crippen LogP contribution in [-0.4, -0.2) is 62.3 Å². The molecule has 2 heterocycles. The van der Waals surface area contributed by atoms with Crippen LogP contribution in [0.4, 0.5) is 10.5 Å². The lowest BCUT2D eigenvalue weighted by Gasteiger charge is -2.27. The van der Waals surface area contributed by atoms with Crippen LogP contribution >= 0.6 is 24.0 Å². The van der Waals surface area contributed by atoms with Gasteiger partial charge >= 0.3 is 6.03 Å². The van der Waals surface area contributed by atoms with E-state index < -0.39 is 0 Å². The van der Waals surface area contributed by atoms with Gasteiger partial charge in [0.25, 0.3) is 5.91 Å². The Hall–Kier alpha value is -1.54. The Kier molecular flexibility index (Phi) is 8.63. The van der Waals surface area contributed by atoms with Crippen LogP contribution in [-0.2, 0) is 4.74 Å². The molecule has 9 heteroatoms. The first-order valence-electron chi connectivity index (χ1n) is 9.08. The summed E-state index contributed by atoms with van der Waals surface area (Å²) in [7, 11) is 0. The molecule has 0 aromatic heterocycles. The normalized spacial score (nSPS) is 19.3. The average molecular weight is 417 g/mol. The van der Waals surface area contributed by atoms with Crippen LogP contribution < -0.4 is 16.0 Å². The van der Waals surface area contributed by atoms with E-state index in [-0.39, 0.29) is 24.3 Å². The van der Waals surface area contributed by atoms with Gasteiger partial charge in [0.2, 0.25) is 0 Å². The second-order valence-corrected chi connectivity index (χ2v) is 6.97. The molecule has 3 N–H and O–H groups in total. The fraction of sp³-hybridized carbons (Fsp3) is 0.556. The third-order valence-corrected chi connectivity index (χ3v) is 5.03. The Morgan fingerprint density at radius 1 is 1.30 bits per heavy atom. The second-order valence-electron chi connectivity index (χ2n) is 6.56. The zero-order valence-corrected chi connectivity index (χ0v) is 16.7. The van der Waals surface area contributed by atoms with Gasteiger partial charge < -0.3 is 25.6 Å². The van der Waals surface area contributed by atoms with Crippen LogP contribution in [0.25, 0.3) is 0 Å². The summed E-state index contributed by atoms with van der Waals surface area (Å²) in [6.07, 6.45) is 3.24. The van der Waals surface area contributed by atoms with E-state index in [1.165, 1.54) is 6.42 Å². The molecule has 2 saturated heterocycles. The predicted octanol–water partition coefficient (Wildman–Crippen LogP) is 2.50. The summed E-state index contributed by atoms with van der Waals surface area (Å²) in [5, 5.41) is 9.37. The summed E-state index contributed by atoms with van der Waals surface area (Å²) < 4.78 is 5.27. The van der Waals surface area contributed by atoms with Crippen molar-refractivity contribution >= 4 is 41.6 Å². The summed E-state index contributed by atoms with van der Waals surface area (Å²) in [5.74, 6) is -0.0827. The van der Waals surface area contributed by atoms with E-state index in [1.54, 1.807) is 23.1 Å². The lowest BCUT2D eigenvalue weighted by molar-refractivity contribution is 0.0303. The number of hydrogen-bond acceptors (Lipinski definition) is 4. The van der Waals surface area contributed by atoms with Gasteiger partial charge in [-0.15, -0.1) is 12.4 Å². The highest BCUT2D eigenvalue weighted by molar-refractivity contribution is 6.33. The van der Waals surface area contributed by atoms with E-state index in [4.69, 9.17) is 16.3 Å². The van der Waals surface area contributed by atoms with Gasteiger partial charge in [0.1, 0.15) is 0 Å². The molecule has 0 unspecified atom stereocenters. The van der Waals surface area contributed by atoms with E-state index in [2.05, 4.69) is 16.0 Å². The van der Waals surface area contributed by atoms with Crippen molar-refractivity contribution < 1.29 is 14.3 Å². The highest BCUT2D eigenvalue weighted by Gasteiger charge is 2.20. The van der Waals surface area contributed by atoms with Crippen molar-refractivity contribution in [3.05, 3.63) is 28.8 Å². The van der Waals surface area contributed by atoms with Crippen molar-refractivity contribution in [2.24, 2.45) is 0 Å². The average Bonchev–Trinajstić information content (AvgIpc) is 3.17. The summed E-state index contributed by atoms with van der Waals surface area (Å²) >= 11 is 6.17. The number of carbonyl (C=O) groups is 2. The number of morpholine rings is 1. The SMILES string of the molecule is Cl.O=C(NCC[C@H]1CCCN1)Nc1cc(C(=O)N2CCOCC2)ccc1Cl. The Balaban J connectivity index is 0.00000261. The summed E-state index contributed by atoms with van der Waals surface area (Å²) in [6.45, 7) is 3.87. The van der Waals surface area contributed by atoms with E-state index in [1.807, 2.05) is 0 Å². The van der Waals surface area contributed by atoms with Crippen molar-refractivity contribution in [1.29, 1.82) is 0 Å². The number of urea groups is 1. The zero-order valence-electron chi connectivity index (χ0n) is 15.1. The van der Waals surface area contributed by atoms with Crippen LogP contribution in [0.15, 0.2) is 18.2 Å². The molecule has 3 amide bonds. The number of rotatable bonds is 5. The Bertz CT molecular complexity index is 647. The Morgan fingerprint density at radius 3 is 2.78 bits per heavy atom. The van der Waals surface area contributed by atoms with Crippen LogP contribution in [0.2, 0.25) is 5.02 Å². The van der Waals surface area contributed by atoms with Gasteiger partial charge in [-0.3, -0.25) is 4.79 Å². The van der Waals surface area contributed by atoms with E-state index in [9.17, 15) is 9.59 Å². The Labute approximate surface area is 170 Å². The minimum atomic E-state index is -0.319. The molecule has 1 atom stereocenters. The third kappa shape index (κ3) is 6.24. The molecule has 0 radical (unpaired) electrons. The summed E-state index contributed by atoms with van der Waals surface area (Å²) in [6, 6.07) is 5.09. The van der Waals surface area contributed by atoms with Crippen molar-refractivity contribution in [3.8, 4) is 0 Å². The van der Waals surface area contributed by atoms with Crippen molar-refractivity contribution in [3.63, 3.8) is 0 Å². The molecule has 1 aromatic carbocycles. The van der Waals surface area contributed by atoms with Crippen LogP contribution in [0, 0.1) is 0 Å². The quantitative estimate of drug-likeness (QED) is 0.688. The molecule has 3 rings (SSSR count). The number of amides is 3. The van der Waals surface area contributed by atoms with Gasteiger partial charge in [0.05, 0.1) is 23.9 Å². The van der Waals surface area contributed by atoms with Crippen molar-refractivity contribution in [2.45, 2.75) is 25.3 Å².